The first kappa shape index (κ1) is 14.4. The molecule has 0 fully saturated rings. The number of hydrogen-bond acceptors (Lipinski definition) is 9. The molecular formula is C4H2N5NaO6. The maximum absolute atomic E-state index is 10.5. The number of carboxylic acid groups (broad SMARTS) is 1. The van der Waals surface area contributed by atoms with Crippen LogP contribution in [0, 0.1) is 25.6 Å². The quantitative estimate of drug-likeness (QED) is 0.273. The summed E-state index contributed by atoms with van der Waals surface area (Å²) in [6, 6.07) is 0. The van der Waals surface area contributed by atoms with Gasteiger partial charge in [0.1, 0.15) is 0 Å². The monoisotopic (exact) mass is 239 g/mol. The van der Waals surface area contributed by atoms with E-state index in [1.807, 2.05) is 0 Å². The number of hydrogen-bond donors (Lipinski definition) is 2. The molecule has 1 aliphatic heterocycles. The van der Waals surface area contributed by atoms with Crippen LogP contribution in [-0.2, 0) is 4.79 Å². The number of amidine groups is 1. The summed E-state index contributed by atoms with van der Waals surface area (Å²) >= 11 is 0. The molecule has 16 heavy (non-hydrogen) atoms. The summed E-state index contributed by atoms with van der Waals surface area (Å²) in [5, 5.41) is 40.9. The molecule has 1 heterocycles. The van der Waals surface area contributed by atoms with Gasteiger partial charge in [0.15, 0.2) is 5.97 Å². The van der Waals surface area contributed by atoms with E-state index >= 15 is 0 Å². The molecule has 0 spiro atoms. The molecule has 0 amide bonds. The minimum atomic E-state index is -3.18. The molecule has 1 rings (SSSR count). The summed E-state index contributed by atoms with van der Waals surface area (Å²) in [4.78, 5) is 28.5. The average Bonchev–Trinajstić information content (AvgIpc) is 2.43. The van der Waals surface area contributed by atoms with Crippen molar-refractivity contribution in [3.63, 3.8) is 0 Å². The molecule has 80 valence electrons. The number of nitrogens with one attached hydrogen (secondary N) is 2. The van der Waals surface area contributed by atoms with Crippen LogP contribution in [0.5, 0.6) is 0 Å². The van der Waals surface area contributed by atoms with E-state index in [1.165, 1.54) is 5.43 Å². The Kier molecular flexibility index (Phi) is 4.06. The van der Waals surface area contributed by atoms with Gasteiger partial charge in [-0.05, 0) is 4.92 Å². The molecule has 0 aromatic heterocycles. The van der Waals surface area contributed by atoms with E-state index in [0.29, 0.717) is 0 Å². The number of nitro groups is 2. The molecule has 0 aliphatic carbocycles. The van der Waals surface area contributed by atoms with Gasteiger partial charge in [-0.1, -0.05) is 0 Å². The van der Waals surface area contributed by atoms with Crippen LogP contribution >= 0.6 is 0 Å². The third-order valence-corrected chi connectivity index (χ3v) is 1.65. The number of aliphatic carboxylic acids is 1. The van der Waals surface area contributed by atoms with E-state index < -0.39 is 33.0 Å². The van der Waals surface area contributed by atoms with Crippen LogP contribution in [0.3, 0.4) is 0 Å². The Morgan fingerprint density at radius 1 is 1.44 bits per heavy atom. The van der Waals surface area contributed by atoms with E-state index in [4.69, 9.17) is 5.41 Å². The Balaban J connectivity index is 0.00000225. The smallest absolute Gasteiger partial charge is 0.541 e. The second-order valence-corrected chi connectivity index (χ2v) is 2.43. The summed E-state index contributed by atoms with van der Waals surface area (Å²) in [5.74, 6) is -3.52. The van der Waals surface area contributed by atoms with Crippen molar-refractivity contribution >= 4 is 17.5 Å². The van der Waals surface area contributed by atoms with E-state index in [0.717, 1.165) is 0 Å². The van der Waals surface area contributed by atoms with Gasteiger partial charge < -0.3 is 20.0 Å². The molecule has 0 saturated heterocycles. The molecule has 2 N–H and O–H groups in total. The van der Waals surface area contributed by atoms with Gasteiger partial charge in [0.05, 0.1) is 10.0 Å². The predicted molar refractivity (Wildman–Crippen MR) is 40.0 cm³/mol. The molecule has 1 atom stereocenters. The van der Waals surface area contributed by atoms with Crippen molar-refractivity contribution < 1.29 is 49.3 Å². The molecule has 0 aromatic carbocycles. The Bertz CT molecular complexity index is 403. The Morgan fingerprint density at radius 2 is 1.94 bits per heavy atom. The first-order valence-electron chi connectivity index (χ1n) is 3.28. The predicted octanol–water partition coefficient (Wildman–Crippen LogP) is -6.07. The fourth-order valence-corrected chi connectivity index (χ4v) is 0.894. The summed E-state index contributed by atoms with van der Waals surface area (Å²) in [5.41, 5.74) is -3.14. The fourth-order valence-electron chi connectivity index (χ4n) is 0.894. The van der Waals surface area contributed by atoms with E-state index in [2.05, 4.69) is 5.10 Å². The first-order chi connectivity index (χ1) is 6.84. The van der Waals surface area contributed by atoms with Crippen molar-refractivity contribution in [3.8, 4) is 0 Å². The molecule has 0 aromatic rings. The van der Waals surface area contributed by atoms with Crippen molar-refractivity contribution in [1.82, 2.24) is 5.43 Å². The maximum atomic E-state index is 10.5. The van der Waals surface area contributed by atoms with Crippen LogP contribution in [0.15, 0.2) is 5.10 Å². The average molecular weight is 239 g/mol. The normalized spacial score (nSPS) is 22.8. The van der Waals surface area contributed by atoms with Gasteiger partial charge in [-0.2, -0.15) is 0 Å². The van der Waals surface area contributed by atoms with Crippen LogP contribution in [0.4, 0.5) is 0 Å². The van der Waals surface area contributed by atoms with E-state index in [1.54, 1.807) is 0 Å². The number of carbonyl (C=O) groups excluding carboxylic acids is 1. The summed E-state index contributed by atoms with van der Waals surface area (Å²) in [7, 11) is 0. The zero-order valence-electron chi connectivity index (χ0n) is 7.79. The van der Waals surface area contributed by atoms with E-state index in [-0.39, 0.29) is 29.6 Å². The number of carboxylic acids is 1. The topological polar surface area (TPSA) is 175 Å². The number of carbonyl (C=O) groups is 1. The zero-order valence-corrected chi connectivity index (χ0v) is 9.79. The van der Waals surface area contributed by atoms with Gasteiger partial charge in [-0.15, -0.1) is 5.43 Å². The molecule has 12 heteroatoms. The molecular weight excluding hydrogens is 237 g/mol. The van der Waals surface area contributed by atoms with Crippen LogP contribution in [0.2, 0.25) is 0 Å². The molecule has 0 bridgehead atoms. The number of rotatable bonds is 2. The van der Waals surface area contributed by atoms with Crippen LogP contribution < -0.4 is 40.1 Å². The molecule has 11 nitrogen and oxygen atoms in total. The Hall–Kier alpha value is -1.59. The van der Waals surface area contributed by atoms with Crippen molar-refractivity contribution in [1.29, 1.82) is 5.41 Å². The maximum Gasteiger partial charge on any atom is 1.00 e. The molecule has 0 saturated carbocycles. The minimum absolute atomic E-state index is 0. The summed E-state index contributed by atoms with van der Waals surface area (Å²) in [6.07, 6.45) is 0. The van der Waals surface area contributed by atoms with Gasteiger partial charge >= 0.3 is 41.1 Å². The van der Waals surface area contributed by atoms with Crippen molar-refractivity contribution in [2.45, 2.75) is 5.66 Å². The summed E-state index contributed by atoms with van der Waals surface area (Å²) in [6.45, 7) is 0. The van der Waals surface area contributed by atoms with Gasteiger partial charge in [0.25, 0.3) is 0 Å². The van der Waals surface area contributed by atoms with Crippen LogP contribution in [0.1, 0.15) is 0 Å². The van der Waals surface area contributed by atoms with Gasteiger partial charge in [0, 0.05) is 0 Å². The minimum Gasteiger partial charge on any atom is -0.541 e. The third-order valence-electron chi connectivity index (χ3n) is 1.65. The zero-order chi connectivity index (χ0) is 11.8. The van der Waals surface area contributed by atoms with Crippen LogP contribution in [-0.4, -0.2) is 33.0 Å². The van der Waals surface area contributed by atoms with Gasteiger partial charge in [-0.25, -0.2) is 0 Å². The van der Waals surface area contributed by atoms with Gasteiger partial charge in [0.2, 0.25) is 5.71 Å². The Morgan fingerprint density at radius 3 is 2.12 bits per heavy atom. The number of nitrogens with zero attached hydrogens (tertiary/aromatic N) is 3. The molecule has 1 aliphatic rings. The fraction of sp³-hybridized carbons (Fsp3) is 0.250. The molecule has 1 unspecified atom stereocenters. The van der Waals surface area contributed by atoms with Crippen molar-refractivity contribution in [3.05, 3.63) is 20.2 Å². The second kappa shape index (κ2) is 4.51. The second-order valence-electron chi connectivity index (χ2n) is 2.43. The largest absolute Gasteiger partial charge is 1.00 e. The molecule has 0 radical (unpaired) electrons. The first-order valence-corrected chi connectivity index (χ1v) is 3.28. The SMILES string of the molecule is N=C1C([N+](=O)[O-])=NNC1(C(=O)[O-])[N+](=O)[O-].[Na+]. The van der Waals surface area contributed by atoms with Crippen molar-refractivity contribution in [2.75, 3.05) is 0 Å². The Labute approximate surface area is 109 Å². The number of hydrazone groups is 1. The summed E-state index contributed by atoms with van der Waals surface area (Å²) < 4.78 is 0. The van der Waals surface area contributed by atoms with Crippen molar-refractivity contribution in [2.24, 2.45) is 5.10 Å². The standard InChI is InChI=1S/C4H3N5O6.Na/c5-1-2(8(12)13)6-7-4(1,3(10)11)9(14)15;/h5,7H,(H,10,11);/q;+1/p-1. The van der Waals surface area contributed by atoms with Gasteiger partial charge in [-0.3, -0.25) is 15.5 Å². The van der Waals surface area contributed by atoms with Crippen LogP contribution in [0.25, 0.3) is 0 Å². The third kappa shape index (κ3) is 1.75. The van der Waals surface area contributed by atoms with E-state index in [9.17, 15) is 30.1 Å².